The van der Waals surface area contributed by atoms with Crippen molar-refractivity contribution in [3.8, 4) is 0 Å². The zero-order valence-electron chi connectivity index (χ0n) is 38.5. The highest BCUT2D eigenvalue weighted by Gasteiger charge is 2.26. The van der Waals surface area contributed by atoms with Crippen molar-refractivity contribution in [1.29, 1.82) is 0 Å². The van der Waals surface area contributed by atoms with Crippen LogP contribution in [0.25, 0.3) is 0 Å². The second-order valence-corrected chi connectivity index (χ2v) is 18.1. The normalized spacial score (nSPS) is 13.4. The minimum absolute atomic E-state index is 0.0538. The van der Waals surface area contributed by atoms with E-state index in [-0.39, 0.29) is 38.6 Å². The van der Waals surface area contributed by atoms with Crippen LogP contribution in [0.4, 0.5) is 0 Å². The third kappa shape index (κ3) is 45.8. The molecule has 0 spiro atoms. The number of unbranched alkanes of at least 4 members (excludes halogenated alkanes) is 30. The van der Waals surface area contributed by atoms with E-state index in [0.29, 0.717) is 6.42 Å². The van der Waals surface area contributed by atoms with E-state index in [1.807, 2.05) is 0 Å². The highest BCUT2D eigenvalue weighted by molar-refractivity contribution is 7.47. The molecule has 2 unspecified atom stereocenters. The molecule has 2 atom stereocenters. The van der Waals surface area contributed by atoms with Gasteiger partial charge in [-0.05, 0) is 44.9 Å². The Morgan fingerprint density at radius 2 is 0.881 bits per heavy atom. The second kappa shape index (κ2) is 46.0. The number of hydrogen-bond donors (Lipinski definition) is 2. The van der Waals surface area contributed by atoms with Crippen molar-refractivity contribution < 1.29 is 37.6 Å². The number of carbonyl (C=O) groups is 2. The number of carbonyl (C=O) groups excluding carboxylic acids is 2. The number of esters is 2. The fourth-order valence-corrected chi connectivity index (χ4v) is 7.90. The molecule has 0 aromatic heterocycles. The first-order valence-corrected chi connectivity index (χ1v) is 26.3. The summed E-state index contributed by atoms with van der Waals surface area (Å²) < 4.78 is 32.9. The van der Waals surface area contributed by atoms with Crippen LogP contribution in [-0.4, -0.2) is 49.3 Å². The van der Waals surface area contributed by atoms with Crippen LogP contribution in [0.5, 0.6) is 0 Å². The van der Waals surface area contributed by atoms with E-state index in [0.717, 1.165) is 51.4 Å². The molecule has 0 saturated carbocycles. The molecule has 0 aliphatic rings. The SMILES string of the molecule is CCCCCC/C=C\C/C=C\CCCCCCCCCC(=O)OC(COC(=O)CCCCCCCCCCCCCCCCCCCCCC)COP(=O)(O)OCCN. The lowest BCUT2D eigenvalue weighted by Gasteiger charge is -2.19. The van der Waals surface area contributed by atoms with Gasteiger partial charge in [0, 0.05) is 19.4 Å². The summed E-state index contributed by atoms with van der Waals surface area (Å²) in [7, 11) is -4.38. The van der Waals surface area contributed by atoms with Crippen molar-refractivity contribution in [3.05, 3.63) is 24.3 Å². The van der Waals surface area contributed by atoms with Gasteiger partial charge >= 0.3 is 19.8 Å². The van der Waals surface area contributed by atoms with Crippen LogP contribution in [0.3, 0.4) is 0 Å². The Morgan fingerprint density at radius 3 is 1.31 bits per heavy atom. The van der Waals surface area contributed by atoms with Crippen LogP contribution in [0, 0.1) is 0 Å². The Hall–Kier alpha value is -1.51. The van der Waals surface area contributed by atoms with Crippen LogP contribution in [0.1, 0.15) is 245 Å². The van der Waals surface area contributed by atoms with Crippen molar-refractivity contribution in [1.82, 2.24) is 0 Å². The van der Waals surface area contributed by atoms with Crippen LogP contribution in [-0.2, 0) is 32.7 Å². The molecule has 3 N–H and O–H groups in total. The average molecular weight is 856 g/mol. The molecule has 10 heteroatoms. The summed E-state index contributed by atoms with van der Waals surface area (Å²) in [6, 6.07) is 0. The molecule has 0 aromatic rings. The fraction of sp³-hybridized carbons (Fsp3) is 0.878. The van der Waals surface area contributed by atoms with Gasteiger partial charge < -0.3 is 20.1 Å². The Morgan fingerprint density at radius 1 is 0.508 bits per heavy atom. The number of allylic oxidation sites excluding steroid dienone is 4. The maximum Gasteiger partial charge on any atom is 0.472 e. The molecular formula is C49H94NO8P. The van der Waals surface area contributed by atoms with E-state index in [9.17, 15) is 19.0 Å². The number of nitrogens with two attached hydrogens (primary N) is 1. The van der Waals surface area contributed by atoms with Gasteiger partial charge in [0.25, 0.3) is 0 Å². The van der Waals surface area contributed by atoms with E-state index < -0.39 is 26.5 Å². The van der Waals surface area contributed by atoms with Crippen molar-refractivity contribution in [2.24, 2.45) is 5.73 Å². The molecule has 0 aliphatic heterocycles. The zero-order chi connectivity index (χ0) is 43.2. The van der Waals surface area contributed by atoms with Gasteiger partial charge in [-0.3, -0.25) is 18.6 Å². The topological polar surface area (TPSA) is 134 Å². The lowest BCUT2D eigenvalue weighted by Crippen LogP contribution is -2.29. The predicted molar refractivity (Wildman–Crippen MR) is 247 cm³/mol. The molecule has 9 nitrogen and oxygen atoms in total. The maximum absolute atomic E-state index is 12.6. The number of phosphoric acid groups is 1. The third-order valence-corrected chi connectivity index (χ3v) is 11.8. The second-order valence-electron chi connectivity index (χ2n) is 16.7. The van der Waals surface area contributed by atoms with Gasteiger partial charge in [-0.1, -0.05) is 212 Å². The summed E-state index contributed by atoms with van der Waals surface area (Å²) in [5.74, 6) is -0.825. The first kappa shape index (κ1) is 57.5. The highest BCUT2D eigenvalue weighted by Crippen LogP contribution is 2.43. The Bertz CT molecular complexity index is 1020. The van der Waals surface area contributed by atoms with Crippen molar-refractivity contribution >= 4 is 19.8 Å². The monoisotopic (exact) mass is 856 g/mol. The molecule has 0 saturated heterocycles. The third-order valence-electron chi connectivity index (χ3n) is 10.8. The minimum Gasteiger partial charge on any atom is -0.462 e. The zero-order valence-corrected chi connectivity index (χ0v) is 39.4. The Labute approximate surface area is 363 Å². The van der Waals surface area contributed by atoms with Crippen LogP contribution < -0.4 is 5.73 Å². The molecule has 0 aromatic carbocycles. The smallest absolute Gasteiger partial charge is 0.462 e. The van der Waals surface area contributed by atoms with Crippen LogP contribution in [0.2, 0.25) is 0 Å². The number of ether oxygens (including phenoxy) is 2. The van der Waals surface area contributed by atoms with E-state index in [4.69, 9.17) is 24.3 Å². The summed E-state index contributed by atoms with van der Waals surface area (Å²) in [6.07, 6.45) is 50.7. The van der Waals surface area contributed by atoms with Crippen molar-refractivity contribution in [3.63, 3.8) is 0 Å². The lowest BCUT2D eigenvalue weighted by atomic mass is 10.0. The summed E-state index contributed by atoms with van der Waals surface area (Å²) in [4.78, 5) is 35.0. The first-order valence-electron chi connectivity index (χ1n) is 24.8. The van der Waals surface area contributed by atoms with E-state index in [1.165, 1.54) is 161 Å². The predicted octanol–water partition coefficient (Wildman–Crippen LogP) is 14.7. The van der Waals surface area contributed by atoms with E-state index in [2.05, 4.69) is 38.2 Å². The van der Waals surface area contributed by atoms with Gasteiger partial charge in [0.05, 0.1) is 13.2 Å². The van der Waals surface area contributed by atoms with E-state index >= 15 is 0 Å². The molecule has 0 rings (SSSR count). The fourth-order valence-electron chi connectivity index (χ4n) is 7.14. The molecule has 0 radical (unpaired) electrons. The van der Waals surface area contributed by atoms with Crippen molar-refractivity contribution in [2.45, 2.75) is 251 Å². The molecule has 0 heterocycles. The Kier molecular flexibility index (Phi) is 44.8. The van der Waals surface area contributed by atoms with Gasteiger partial charge in [-0.2, -0.15) is 0 Å². The first-order chi connectivity index (χ1) is 28.8. The largest absolute Gasteiger partial charge is 0.472 e. The van der Waals surface area contributed by atoms with E-state index in [1.54, 1.807) is 0 Å². The van der Waals surface area contributed by atoms with Gasteiger partial charge in [0.2, 0.25) is 0 Å². The number of rotatable bonds is 47. The molecule has 59 heavy (non-hydrogen) atoms. The summed E-state index contributed by atoms with van der Waals surface area (Å²) in [5.41, 5.74) is 5.36. The number of phosphoric ester groups is 1. The maximum atomic E-state index is 12.6. The van der Waals surface area contributed by atoms with Gasteiger partial charge in [0.15, 0.2) is 6.10 Å². The van der Waals surface area contributed by atoms with Crippen LogP contribution in [0.15, 0.2) is 24.3 Å². The Balaban J connectivity index is 4.05. The highest BCUT2D eigenvalue weighted by atomic mass is 31.2. The quantitative estimate of drug-likeness (QED) is 0.0265. The summed E-state index contributed by atoms with van der Waals surface area (Å²) >= 11 is 0. The standard InChI is InChI=1S/C49H94NO8P/c1-3-5-7-9-11-13-15-17-19-21-23-24-26-27-29-31-33-35-37-39-41-48(51)55-45-47(46-57-59(53,54)56-44-43-50)58-49(52)42-40-38-36-34-32-30-28-25-22-20-18-16-14-12-10-8-6-4-2/h14,16,20,22,47H,3-13,15,17-19,21,23-46,50H2,1-2H3,(H,53,54)/b16-14-,22-20-. The van der Waals surface area contributed by atoms with Crippen LogP contribution >= 0.6 is 7.82 Å². The molecular weight excluding hydrogens is 762 g/mol. The average Bonchev–Trinajstić information content (AvgIpc) is 3.22. The molecule has 0 fully saturated rings. The molecule has 0 bridgehead atoms. The summed E-state index contributed by atoms with van der Waals surface area (Å²) in [6.45, 7) is 3.75. The summed E-state index contributed by atoms with van der Waals surface area (Å²) in [5, 5.41) is 0. The van der Waals surface area contributed by atoms with Gasteiger partial charge in [0.1, 0.15) is 6.61 Å². The minimum atomic E-state index is -4.38. The van der Waals surface area contributed by atoms with Gasteiger partial charge in [-0.15, -0.1) is 0 Å². The molecule has 0 aliphatic carbocycles. The van der Waals surface area contributed by atoms with Gasteiger partial charge in [-0.25, -0.2) is 4.57 Å². The molecule has 348 valence electrons. The molecule has 0 amide bonds. The van der Waals surface area contributed by atoms with Crippen molar-refractivity contribution in [2.75, 3.05) is 26.4 Å². The number of hydrogen-bond acceptors (Lipinski definition) is 8. The lowest BCUT2D eigenvalue weighted by molar-refractivity contribution is -0.161.